The lowest BCUT2D eigenvalue weighted by molar-refractivity contribution is 0.127. The number of ether oxygens (including phenoxy) is 1. The number of halogens is 1. The van der Waals surface area contributed by atoms with Gasteiger partial charge in [-0.05, 0) is 25.0 Å². The molecule has 0 radical (unpaired) electrons. The molecule has 2 rings (SSSR count). The van der Waals surface area contributed by atoms with Gasteiger partial charge in [0.25, 0.3) is 0 Å². The van der Waals surface area contributed by atoms with Crippen molar-refractivity contribution in [1.29, 1.82) is 0 Å². The van der Waals surface area contributed by atoms with Gasteiger partial charge in [-0.2, -0.15) is 0 Å². The van der Waals surface area contributed by atoms with Crippen molar-refractivity contribution >= 4 is 21.4 Å². The van der Waals surface area contributed by atoms with Crippen molar-refractivity contribution in [2.24, 2.45) is 0 Å². The molecule has 0 saturated carbocycles. The van der Waals surface area contributed by atoms with Crippen LogP contribution in [-0.4, -0.2) is 31.9 Å². The van der Waals surface area contributed by atoms with E-state index in [1.165, 1.54) is 12.3 Å². The summed E-state index contributed by atoms with van der Waals surface area (Å²) in [6.45, 7) is 0.635. The van der Waals surface area contributed by atoms with Crippen LogP contribution in [0.3, 0.4) is 0 Å². The maximum absolute atomic E-state index is 12.0. The summed E-state index contributed by atoms with van der Waals surface area (Å²) in [6, 6.07) is 3.13. The maximum Gasteiger partial charge on any atom is 0.199 e. The zero-order valence-corrected chi connectivity index (χ0v) is 10.2. The average Bonchev–Trinajstić information content (AvgIpc) is 2.70. The van der Waals surface area contributed by atoms with E-state index in [2.05, 4.69) is 4.98 Å². The number of pyridine rings is 1. The van der Waals surface area contributed by atoms with E-state index < -0.39 is 9.84 Å². The van der Waals surface area contributed by atoms with Crippen molar-refractivity contribution in [3.63, 3.8) is 0 Å². The van der Waals surface area contributed by atoms with E-state index in [1.54, 1.807) is 6.07 Å². The Labute approximate surface area is 99.5 Å². The number of hydrogen-bond donors (Lipinski definition) is 0. The van der Waals surface area contributed by atoms with Crippen LogP contribution in [0.2, 0.25) is 5.02 Å². The molecule has 0 amide bonds. The highest BCUT2D eigenvalue weighted by atomic mass is 35.5. The monoisotopic (exact) mass is 261 g/mol. The summed E-state index contributed by atoms with van der Waals surface area (Å²) < 4.78 is 29.3. The molecule has 1 atom stereocenters. The number of hydrogen-bond acceptors (Lipinski definition) is 4. The minimum absolute atomic E-state index is 0.0380. The molecule has 16 heavy (non-hydrogen) atoms. The topological polar surface area (TPSA) is 56.3 Å². The third-order valence-corrected chi connectivity index (χ3v) is 4.59. The summed E-state index contributed by atoms with van der Waals surface area (Å²) in [4.78, 5) is 3.82. The van der Waals surface area contributed by atoms with Gasteiger partial charge >= 0.3 is 0 Å². The van der Waals surface area contributed by atoms with Crippen LogP contribution in [0, 0.1) is 0 Å². The molecule has 1 aliphatic heterocycles. The fourth-order valence-electron chi connectivity index (χ4n) is 1.70. The highest BCUT2D eigenvalue weighted by molar-refractivity contribution is 7.91. The molecule has 1 aromatic heterocycles. The quantitative estimate of drug-likeness (QED) is 0.831. The van der Waals surface area contributed by atoms with E-state index in [0.717, 1.165) is 12.8 Å². The standard InChI is InChI=1S/C10H12ClNO3S/c11-9-4-1-5-12-10(9)16(13,14)7-8-3-2-6-15-8/h1,4-5,8H,2-3,6-7H2/t8-/m1/s1. The molecular weight excluding hydrogens is 250 g/mol. The second-order valence-electron chi connectivity index (χ2n) is 3.71. The summed E-state index contributed by atoms with van der Waals surface area (Å²) in [6.07, 6.45) is 2.90. The lowest BCUT2D eigenvalue weighted by Gasteiger charge is -2.10. The Morgan fingerprint density at radius 2 is 2.38 bits per heavy atom. The first-order valence-electron chi connectivity index (χ1n) is 5.04. The third kappa shape index (κ3) is 2.53. The van der Waals surface area contributed by atoms with Crippen LogP contribution in [0.15, 0.2) is 23.4 Å². The molecule has 0 unspecified atom stereocenters. The minimum atomic E-state index is -3.44. The Morgan fingerprint density at radius 3 is 3.00 bits per heavy atom. The number of nitrogens with zero attached hydrogens (tertiary/aromatic N) is 1. The van der Waals surface area contributed by atoms with Crippen molar-refractivity contribution in [3.05, 3.63) is 23.4 Å². The van der Waals surface area contributed by atoms with E-state index in [9.17, 15) is 8.42 Å². The Kier molecular flexibility index (Phi) is 3.47. The molecule has 0 spiro atoms. The second kappa shape index (κ2) is 4.69. The van der Waals surface area contributed by atoms with Crippen molar-refractivity contribution in [3.8, 4) is 0 Å². The Balaban J connectivity index is 2.21. The number of sulfone groups is 1. The van der Waals surface area contributed by atoms with Gasteiger partial charge in [-0.25, -0.2) is 13.4 Å². The Hall–Kier alpha value is -0.650. The highest BCUT2D eigenvalue weighted by Crippen LogP contribution is 2.22. The summed E-state index contributed by atoms with van der Waals surface area (Å²) >= 11 is 5.81. The van der Waals surface area contributed by atoms with Crippen LogP contribution in [0.25, 0.3) is 0 Å². The zero-order chi connectivity index (χ0) is 11.6. The molecule has 4 nitrogen and oxygen atoms in total. The van der Waals surface area contributed by atoms with Crippen LogP contribution in [-0.2, 0) is 14.6 Å². The fourth-order valence-corrected chi connectivity index (χ4v) is 3.67. The minimum Gasteiger partial charge on any atom is -0.377 e. The third-order valence-electron chi connectivity index (χ3n) is 2.45. The van der Waals surface area contributed by atoms with Crippen LogP contribution in [0.1, 0.15) is 12.8 Å². The van der Waals surface area contributed by atoms with Gasteiger partial charge in [0.15, 0.2) is 14.9 Å². The van der Waals surface area contributed by atoms with Crippen LogP contribution >= 0.6 is 11.6 Å². The first-order valence-corrected chi connectivity index (χ1v) is 7.07. The molecule has 1 aliphatic rings. The van der Waals surface area contributed by atoms with Gasteiger partial charge in [0.1, 0.15) is 0 Å². The SMILES string of the molecule is O=S(=O)(C[C@H]1CCCO1)c1ncccc1Cl. The molecule has 0 N–H and O–H groups in total. The summed E-state index contributed by atoms with van der Waals surface area (Å²) in [5.74, 6) is -0.0380. The van der Waals surface area contributed by atoms with Crippen molar-refractivity contribution in [2.45, 2.75) is 24.0 Å². The summed E-state index contributed by atoms with van der Waals surface area (Å²) in [5.41, 5.74) is 0. The molecule has 6 heteroatoms. The van der Waals surface area contributed by atoms with Gasteiger partial charge in [0.05, 0.1) is 16.9 Å². The number of rotatable bonds is 3. The lowest BCUT2D eigenvalue weighted by atomic mass is 10.3. The first kappa shape index (κ1) is 11.8. The molecule has 0 aliphatic carbocycles. The largest absolute Gasteiger partial charge is 0.377 e. The Morgan fingerprint density at radius 1 is 1.56 bits per heavy atom. The zero-order valence-electron chi connectivity index (χ0n) is 8.60. The summed E-state index contributed by atoms with van der Waals surface area (Å²) in [5, 5.41) is 0.118. The maximum atomic E-state index is 12.0. The van der Waals surface area contributed by atoms with Crippen molar-refractivity contribution in [1.82, 2.24) is 4.98 Å². The van der Waals surface area contributed by atoms with E-state index in [4.69, 9.17) is 16.3 Å². The molecule has 0 aromatic carbocycles. The second-order valence-corrected chi connectivity index (χ2v) is 6.06. The molecule has 2 heterocycles. The predicted molar refractivity (Wildman–Crippen MR) is 60.3 cm³/mol. The first-order chi connectivity index (χ1) is 7.59. The van der Waals surface area contributed by atoms with Gasteiger partial charge in [0.2, 0.25) is 0 Å². The van der Waals surface area contributed by atoms with Crippen LogP contribution < -0.4 is 0 Å². The average molecular weight is 262 g/mol. The number of aromatic nitrogens is 1. The van der Waals surface area contributed by atoms with E-state index in [1.807, 2.05) is 0 Å². The molecule has 88 valence electrons. The normalized spacial score (nSPS) is 21.2. The van der Waals surface area contributed by atoms with Crippen molar-refractivity contribution in [2.75, 3.05) is 12.4 Å². The lowest BCUT2D eigenvalue weighted by Crippen LogP contribution is -2.21. The summed E-state index contributed by atoms with van der Waals surface area (Å²) in [7, 11) is -3.44. The van der Waals surface area contributed by atoms with E-state index in [-0.39, 0.29) is 21.9 Å². The van der Waals surface area contributed by atoms with Gasteiger partial charge < -0.3 is 4.74 Å². The molecule has 0 bridgehead atoms. The smallest absolute Gasteiger partial charge is 0.199 e. The van der Waals surface area contributed by atoms with Crippen molar-refractivity contribution < 1.29 is 13.2 Å². The van der Waals surface area contributed by atoms with E-state index >= 15 is 0 Å². The van der Waals surface area contributed by atoms with Gasteiger partial charge in [-0.15, -0.1) is 0 Å². The van der Waals surface area contributed by atoms with Gasteiger partial charge in [0, 0.05) is 12.8 Å². The molecular formula is C10H12ClNO3S. The van der Waals surface area contributed by atoms with Gasteiger partial charge in [-0.3, -0.25) is 0 Å². The van der Waals surface area contributed by atoms with Gasteiger partial charge in [-0.1, -0.05) is 11.6 Å². The molecule has 1 saturated heterocycles. The molecule has 1 fully saturated rings. The highest BCUT2D eigenvalue weighted by Gasteiger charge is 2.27. The van der Waals surface area contributed by atoms with Crippen LogP contribution in [0.4, 0.5) is 0 Å². The fraction of sp³-hybridized carbons (Fsp3) is 0.500. The predicted octanol–water partition coefficient (Wildman–Crippen LogP) is 1.69. The van der Waals surface area contributed by atoms with Crippen LogP contribution in [0.5, 0.6) is 0 Å². The molecule has 1 aromatic rings. The van der Waals surface area contributed by atoms with E-state index in [0.29, 0.717) is 6.61 Å². The Bertz CT molecular complexity index is 469.